The molecule has 3 atom stereocenters. The minimum Gasteiger partial charge on any atom is -0.456 e. The number of esters is 1. The van der Waals surface area contributed by atoms with Crippen LogP contribution >= 0.6 is 0 Å². The Kier molecular flexibility index (Phi) is 1.27. The van der Waals surface area contributed by atoms with Crippen molar-refractivity contribution in [2.24, 2.45) is 5.92 Å². The first kappa shape index (κ1) is 7.10. The summed E-state index contributed by atoms with van der Waals surface area (Å²) in [5.74, 6) is 0.0984. The van der Waals surface area contributed by atoms with Crippen molar-refractivity contribution in [1.29, 1.82) is 0 Å². The average Bonchev–Trinajstić information content (AvgIpc) is 2.32. The lowest BCUT2D eigenvalue weighted by molar-refractivity contribution is -0.155. The summed E-state index contributed by atoms with van der Waals surface area (Å²) in [4.78, 5) is 10.9. The fourth-order valence-electron chi connectivity index (χ4n) is 2.15. The number of carbonyl (C=O) groups excluding carboxylic acids is 1. The number of hydrogen-bond acceptors (Lipinski definition) is 3. The van der Waals surface area contributed by atoms with Crippen LogP contribution in [0.25, 0.3) is 0 Å². The molecule has 1 saturated heterocycles. The smallest absolute Gasteiger partial charge is 0.306 e. The van der Waals surface area contributed by atoms with E-state index in [1.807, 2.05) is 6.92 Å². The summed E-state index contributed by atoms with van der Waals surface area (Å²) in [5.41, 5.74) is -0.558. The Bertz CT molecular complexity index is 202. The molecule has 1 N–H and O–H groups in total. The zero-order chi connectivity index (χ0) is 8.06. The van der Waals surface area contributed by atoms with E-state index in [2.05, 4.69) is 0 Å². The molecular weight excluding hydrogens is 144 g/mol. The first-order chi connectivity index (χ1) is 5.13. The third-order valence-corrected chi connectivity index (χ3v) is 3.01. The molecule has 2 aliphatic rings. The van der Waals surface area contributed by atoms with Crippen LogP contribution in [-0.2, 0) is 9.53 Å². The Hall–Kier alpha value is -0.570. The van der Waals surface area contributed by atoms with Crippen LogP contribution in [0.5, 0.6) is 0 Å². The summed E-state index contributed by atoms with van der Waals surface area (Å²) >= 11 is 0. The lowest BCUT2D eigenvalue weighted by atomic mass is 9.92. The van der Waals surface area contributed by atoms with E-state index in [4.69, 9.17) is 4.74 Å². The Morgan fingerprint density at radius 2 is 2.36 bits per heavy atom. The summed E-state index contributed by atoms with van der Waals surface area (Å²) < 4.78 is 5.10. The summed E-state index contributed by atoms with van der Waals surface area (Å²) in [6, 6.07) is 0. The Morgan fingerprint density at radius 3 is 3.00 bits per heavy atom. The van der Waals surface area contributed by atoms with Gasteiger partial charge in [-0.15, -0.1) is 0 Å². The molecule has 0 radical (unpaired) electrons. The zero-order valence-electron chi connectivity index (χ0n) is 6.54. The van der Waals surface area contributed by atoms with E-state index in [0.717, 1.165) is 12.8 Å². The highest BCUT2D eigenvalue weighted by molar-refractivity contribution is 5.73. The van der Waals surface area contributed by atoms with Crippen molar-refractivity contribution < 1.29 is 14.6 Å². The van der Waals surface area contributed by atoms with Crippen LogP contribution < -0.4 is 0 Å². The standard InChI is InChI=1S/C8H12O3/c1-8-5(2-3-6(8)9)4-7(10)11-8/h5-6,9H,2-4H2,1H3/t5-,6+,8+/m1/s1. The fourth-order valence-corrected chi connectivity index (χ4v) is 2.15. The van der Waals surface area contributed by atoms with Gasteiger partial charge < -0.3 is 9.84 Å². The molecule has 11 heavy (non-hydrogen) atoms. The molecular formula is C8H12O3. The molecule has 2 rings (SSSR count). The summed E-state index contributed by atoms with van der Waals surface area (Å²) in [5, 5.41) is 9.50. The number of aliphatic hydroxyl groups is 1. The third-order valence-electron chi connectivity index (χ3n) is 3.01. The second kappa shape index (κ2) is 1.97. The van der Waals surface area contributed by atoms with Crippen LogP contribution in [-0.4, -0.2) is 22.8 Å². The van der Waals surface area contributed by atoms with Gasteiger partial charge in [0.25, 0.3) is 0 Å². The molecule has 3 heteroatoms. The van der Waals surface area contributed by atoms with Gasteiger partial charge in [-0.1, -0.05) is 0 Å². The molecule has 1 aliphatic carbocycles. The van der Waals surface area contributed by atoms with Crippen molar-refractivity contribution in [3.63, 3.8) is 0 Å². The minimum absolute atomic E-state index is 0.156. The van der Waals surface area contributed by atoms with Crippen LogP contribution in [0.3, 0.4) is 0 Å². The maximum absolute atomic E-state index is 10.9. The third kappa shape index (κ3) is 0.805. The summed E-state index contributed by atoms with van der Waals surface area (Å²) in [6.07, 6.45) is 1.74. The molecule has 0 bridgehead atoms. The lowest BCUT2D eigenvalue weighted by Crippen LogP contribution is -2.38. The SMILES string of the molecule is C[C@]12OC(=O)C[C@H]1CC[C@@H]2O. The van der Waals surface area contributed by atoms with Gasteiger partial charge >= 0.3 is 5.97 Å². The molecule has 0 aromatic carbocycles. The van der Waals surface area contributed by atoms with Gasteiger partial charge in [-0.2, -0.15) is 0 Å². The predicted molar refractivity (Wildman–Crippen MR) is 37.8 cm³/mol. The highest BCUT2D eigenvalue weighted by atomic mass is 16.6. The lowest BCUT2D eigenvalue weighted by Gasteiger charge is -2.25. The molecule has 62 valence electrons. The van der Waals surface area contributed by atoms with Crippen LogP contribution in [0.15, 0.2) is 0 Å². The van der Waals surface area contributed by atoms with Crippen molar-refractivity contribution in [3.05, 3.63) is 0 Å². The molecule has 3 nitrogen and oxygen atoms in total. The van der Waals surface area contributed by atoms with Gasteiger partial charge in [-0.3, -0.25) is 4.79 Å². The van der Waals surface area contributed by atoms with Gasteiger partial charge in [0.2, 0.25) is 0 Å². The van der Waals surface area contributed by atoms with Crippen molar-refractivity contribution in [2.75, 3.05) is 0 Å². The Labute approximate surface area is 65.4 Å². The van der Waals surface area contributed by atoms with E-state index in [0.29, 0.717) is 6.42 Å². The van der Waals surface area contributed by atoms with E-state index < -0.39 is 11.7 Å². The molecule has 0 amide bonds. The topological polar surface area (TPSA) is 46.5 Å². The molecule has 0 unspecified atom stereocenters. The van der Waals surface area contributed by atoms with Crippen LogP contribution in [0, 0.1) is 5.92 Å². The number of hydrogen-bond donors (Lipinski definition) is 1. The van der Waals surface area contributed by atoms with E-state index >= 15 is 0 Å². The number of rotatable bonds is 0. The molecule has 1 aliphatic heterocycles. The van der Waals surface area contributed by atoms with Crippen molar-refractivity contribution >= 4 is 5.97 Å². The van der Waals surface area contributed by atoms with Crippen LogP contribution in [0.4, 0.5) is 0 Å². The fraction of sp³-hybridized carbons (Fsp3) is 0.875. The summed E-state index contributed by atoms with van der Waals surface area (Å²) in [6.45, 7) is 1.83. The van der Waals surface area contributed by atoms with Gasteiger partial charge in [-0.05, 0) is 19.8 Å². The van der Waals surface area contributed by atoms with Crippen LogP contribution in [0.1, 0.15) is 26.2 Å². The second-order valence-corrected chi connectivity index (χ2v) is 3.65. The number of carbonyl (C=O) groups is 1. The van der Waals surface area contributed by atoms with Gasteiger partial charge in [0.15, 0.2) is 0 Å². The summed E-state index contributed by atoms with van der Waals surface area (Å²) in [7, 11) is 0. The second-order valence-electron chi connectivity index (χ2n) is 3.65. The van der Waals surface area contributed by atoms with E-state index in [1.165, 1.54) is 0 Å². The van der Waals surface area contributed by atoms with E-state index in [9.17, 15) is 9.90 Å². The maximum Gasteiger partial charge on any atom is 0.306 e. The monoisotopic (exact) mass is 156 g/mol. The number of ether oxygens (including phenoxy) is 1. The Morgan fingerprint density at radius 1 is 1.64 bits per heavy atom. The first-order valence-corrected chi connectivity index (χ1v) is 4.03. The normalized spacial score (nSPS) is 49.1. The molecule has 1 heterocycles. The zero-order valence-corrected chi connectivity index (χ0v) is 6.54. The Balaban J connectivity index is 2.26. The van der Waals surface area contributed by atoms with Gasteiger partial charge in [0.05, 0.1) is 12.5 Å². The van der Waals surface area contributed by atoms with E-state index in [-0.39, 0.29) is 11.9 Å². The predicted octanol–water partition coefficient (Wildman–Crippen LogP) is 0.463. The van der Waals surface area contributed by atoms with Gasteiger partial charge in [0, 0.05) is 5.92 Å². The quantitative estimate of drug-likeness (QED) is 0.518. The minimum atomic E-state index is -0.558. The number of fused-ring (bicyclic) bond motifs is 1. The van der Waals surface area contributed by atoms with Gasteiger partial charge in [0.1, 0.15) is 5.60 Å². The van der Waals surface area contributed by atoms with Crippen molar-refractivity contribution in [3.8, 4) is 0 Å². The first-order valence-electron chi connectivity index (χ1n) is 4.03. The van der Waals surface area contributed by atoms with Crippen molar-refractivity contribution in [2.45, 2.75) is 37.9 Å². The van der Waals surface area contributed by atoms with Crippen molar-refractivity contribution in [1.82, 2.24) is 0 Å². The molecule has 2 fully saturated rings. The average molecular weight is 156 g/mol. The van der Waals surface area contributed by atoms with Gasteiger partial charge in [-0.25, -0.2) is 0 Å². The highest BCUT2D eigenvalue weighted by Crippen LogP contribution is 2.45. The van der Waals surface area contributed by atoms with Crippen LogP contribution in [0.2, 0.25) is 0 Å². The molecule has 0 aromatic rings. The maximum atomic E-state index is 10.9. The van der Waals surface area contributed by atoms with E-state index in [1.54, 1.807) is 0 Å². The molecule has 0 spiro atoms. The molecule has 1 saturated carbocycles. The largest absolute Gasteiger partial charge is 0.456 e. The highest BCUT2D eigenvalue weighted by Gasteiger charge is 2.54. The molecule has 0 aromatic heterocycles. The number of aliphatic hydroxyl groups excluding tert-OH is 1.